The monoisotopic (exact) mass is 463 g/mol. The zero-order valence-electron chi connectivity index (χ0n) is 19.0. The third kappa shape index (κ3) is 3.40. The van der Waals surface area contributed by atoms with Gasteiger partial charge in [-0.25, -0.2) is 0 Å². The molecule has 2 aliphatic rings. The van der Waals surface area contributed by atoms with E-state index in [1.165, 1.54) is 13.2 Å². The summed E-state index contributed by atoms with van der Waals surface area (Å²) in [7, 11) is 4.62. The number of Topliss-reactive ketones (excluding diaryl/α,β-unsaturated/α-hetero) is 1. The predicted molar refractivity (Wildman–Crippen MR) is 125 cm³/mol. The van der Waals surface area contributed by atoms with Crippen LogP contribution < -0.4 is 25.1 Å². The number of phenolic OH excluding ortho intramolecular Hbond substituents is 1. The minimum atomic E-state index is -0.588. The number of allylic oxidation sites excluding steroid dienone is 2. The molecule has 0 radical (unpaired) electrons. The average Bonchev–Trinajstić information content (AvgIpc) is 3.22. The highest BCUT2D eigenvalue weighted by atomic mass is 16.5. The van der Waals surface area contributed by atoms with Gasteiger partial charge in [0.05, 0.1) is 26.9 Å². The van der Waals surface area contributed by atoms with Gasteiger partial charge in [0.25, 0.3) is 5.56 Å². The highest BCUT2D eigenvalue weighted by Crippen LogP contribution is 2.48. The zero-order chi connectivity index (χ0) is 24.0. The van der Waals surface area contributed by atoms with Gasteiger partial charge in [0.15, 0.2) is 28.8 Å². The smallest absolute Gasteiger partial charge is 0.270 e. The lowest BCUT2D eigenvalue weighted by atomic mass is 9.72. The zero-order valence-corrected chi connectivity index (χ0v) is 19.0. The predicted octanol–water partition coefficient (Wildman–Crippen LogP) is 3.39. The first-order valence-electron chi connectivity index (χ1n) is 10.9. The molecule has 2 aromatic carbocycles. The first-order chi connectivity index (χ1) is 16.4. The van der Waals surface area contributed by atoms with E-state index in [4.69, 9.17) is 14.2 Å². The van der Waals surface area contributed by atoms with Gasteiger partial charge in [-0.15, -0.1) is 0 Å². The Balaban J connectivity index is 1.60. The van der Waals surface area contributed by atoms with Crippen molar-refractivity contribution >= 4 is 11.6 Å². The topological polar surface area (TPSA) is 126 Å². The first kappa shape index (κ1) is 21.7. The van der Waals surface area contributed by atoms with E-state index in [-0.39, 0.29) is 28.8 Å². The lowest BCUT2D eigenvalue weighted by molar-refractivity contribution is -0.116. The van der Waals surface area contributed by atoms with Crippen molar-refractivity contribution in [1.29, 1.82) is 0 Å². The number of methoxy groups -OCH3 is 3. The number of hydrogen-bond donors (Lipinski definition) is 4. The molecular weight excluding hydrogens is 438 g/mol. The second-order valence-electron chi connectivity index (χ2n) is 8.39. The summed E-state index contributed by atoms with van der Waals surface area (Å²) in [4.78, 5) is 26.3. The number of nitrogens with one attached hydrogen (secondary N) is 3. The van der Waals surface area contributed by atoms with Gasteiger partial charge in [0.2, 0.25) is 0 Å². The number of fused-ring (bicyclic) bond motifs is 1. The number of ether oxygens (including phenoxy) is 3. The van der Waals surface area contributed by atoms with E-state index in [9.17, 15) is 14.7 Å². The normalized spacial score (nSPS) is 19.2. The Morgan fingerprint density at radius 3 is 2.29 bits per heavy atom. The molecule has 0 amide bonds. The molecule has 9 nitrogen and oxygen atoms in total. The number of hydrogen-bond acceptors (Lipinski definition) is 7. The largest absolute Gasteiger partial charge is 0.504 e. The number of anilines is 1. The van der Waals surface area contributed by atoms with E-state index in [1.54, 1.807) is 26.4 Å². The Hall–Kier alpha value is -4.14. The van der Waals surface area contributed by atoms with E-state index in [0.717, 1.165) is 11.3 Å². The number of benzene rings is 2. The van der Waals surface area contributed by atoms with Crippen LogP contribution in [0, 0.1) is 0 Å². The lowest BCUT2D eigenvalue weighted by Gasteiger charge is -2.34. The number of H-pyrrole nitrogens is 2. The van der Waals surface area contributed by atoms with Crippen LogP contribution in [0.3, 0.4) is 0 Å². The van der Waals surface area contributed by atoms with Crippen LogP contribution in [0.15, 0.2) is 52.5 Å². The summed E-state index contributed by atoms with van der Waals surface area (Å²) in [6, 6.07) is 10.6. The molecule has 34 heavy (non-hydrogen) atoms. The summed E-state index contributed by atoms with van der Waals surface area (Å²) in [6.07, 6.45) is 0.869. The van der Waals surface area contributed by atoms with Crippen LogP contribution >= 0.6 is 0 Å². The molecule has 0 saturated heterocycles. The Morgan fingerprint density at radius 2 is 1.56 bits per heavy atom. The Bertz CT molecular complexity index is 1370. The van der Waals surface area contributed by atoms with Crippen molar-refractivity contribution in [1.82, 2.24) is 10.2 Å². The quantitative estimate of drug-likeness (QED) is 0.457. The fraction of sp³-hybridized carbons (Fsp3) is 0.280. The molecule has 1 aliphatic heterocycles. The van der Waals surface area contributed by atoms with Gasteiger partial charge in [-0.2, -0.15) is 0 Å². The number of ketones is 1. The number of carbonyl (C=O) groups excluding carboxylic acids is 1. The molecule has 5 rings (SSSR count). The summed E-state index contributed by atoms with van der Waals surface area (Å²) in [5, 5.41) is 18.8. The molecule has 0 fully saturated rings. The van der Waals surface area contributed by atoms with Crippen molar-refractivity contribution in [3.05, 3.63) is 74.7 Å². The van der Waals surface area contributed by atoms with E-state index >= 15 is 0 Å². The summed E-state index contributed by atoms with van der Waals surface area (Å²) in [5.74, 6) is 1.32. The molecule has 4 N–H and O–H groups in total. The summed E-state index contributed by atoms with van der Waals surface area (Å²) in [5.41, 5.74) is 3.10. The standard InChI is InChI=1S/C25H25N3O6/c1-32-18-7-5-12(10-20(18)34-3)14-8-15-22(17(30)9-14)21(23-24(26-15)27-28-25(23)31)13-4-6-16(29)19(11-13)33-2/h4-7,10-11,14,21,29H,8-9H2,1-3H3,(H3,26,27,28,31)/t14-,21-/m0/s1. The third-order valence-corrected chi connectivity index (χ3v) is 6.59. The van der Waals surface area contributed by atoms with Crippen molar-refractivity contribution in [2.75, 3.05) is 26.6 Å². The van der Waals surface area contributed by atoms with Gasteiger partial charge in [-0.05, 0) is 47.7 Å². The van der Waals surface area contributed by atoms with Crippen LogP contribution in [-0.4, -0.2) is 42.4 Å². The highest BCUT2D eigenvalue weighted by Gasteiger charge is 2.40. The second-order valence-corrected chi connectivity index (χ2v) is 8.39. The highest BCUT2D eigenvalue weighted by molar-refractivity contribution is 6.01. The molecule has 1 aliphatic carbocycles. The minimum absolute atomic E-state index is 0.0129. The molecule has 0 unspecified atom stereocenters. The number of aromatic amines is 2. The van der Waals surface area contributed by atoms with Crippen molar-refractivity contribution in [2.45, 2.75) is 24.7 Å². The van der Waals surface area contributed by atoms with Crippen molar-refractivity contribution in [3.8, 4) is 23.0 Å². The average molecular weight is 463 g/mol. The van der Waals surface area contributed by atoms with Gasteiger partial charge >= 0.3 is 0 Å². The first-order valence-corrected chi connectivity index (χ1v) is 10.9. The maximum absolute atomic E-state index is 13.6. The molecule has 176 valence electrons. The van der Waals surface area contributed by atoms with Gasteiger partial charge in [-0.3, -0.25) is 19.8 Å². The van der Waals surface area contributed by atoms with Crippen LogP contribution in [0.5, 0.6) is 23.0 Å². The molecule has 3 aromatic rings. The molecule has 9 heteroatoms. The fourth-order valence-corrected chi connectivity index (χ4v) is 4.97. The number of aromatic nitrogens is 2. The summed E-state index contributed by atoms with van der Waals surface area (Å²) >= 11 is 0. The molecule has 0 spiro atoms. The van der Waals surface area contributed by atoms with E-state index in [2.05, 4.69) is 15.5 Å². The molecule has 2 heterocycles. The molecule has 1 aromatic heterocycles. The van der Waals surface area contributed by atoms with Gasteiger partial charge in [-0.1, -0.05) is 12.1 Å². The van der Waals surface area contributed by atoms with Crippen LogP contribution in [0.1, 0.15) is 41.4 Å². The Labute approximate surface area is 195 Å². The third-order valence-electron chi connectivity index (χ3n) is 6.59. The van der Waals surface area contributed by atoms with Crippen LogP contribution in [0.2, 0.25) is 0 Å². The van der Waals surface area contributed by atoms with Crippen molar-refractivity contribution in [3.63, 3.8) is 0 Å². The number of phenols is 1. The van der Waals surface area contributed by atoms with Gasteiger partial charge in [0, 0.05) is 23.6 Å². The van der Waals surface area contributed by atoms with Crippen molar-refractivity contribution < 1.29 is 24.1 Å². The molecule has 0 bridgehead atoms. The molecular formula is C25H25N3O6. The van der Waals surface area contributed by atoms with Crippen LogP contribution in [0.25, 0.3) is 0 Å². The Kier molecular flexibility index (Phi) is 5.31. The van der Waals surface area contributed by atoms with E-state index < -0.39 is 5.92 Å². The Morgan fingerprint density at radius 1 is 0.853 bits per heavy atom. The fourth-order valence-electron chi connectivity index (χ4n) is 4.97. The lowest BCUT2D eigenvalue weighted by Crippen LogP contribution is -2.31. The number of rotatable bonds is 5. The number of carbonyl (C=O) groups is 1. The summed E-state index contributed by atoms with van der Waals surface area (Å²) in [6.45, 7) is 0. The second kappa shape index (κ2) is 8.33. The van der Waals surface area contributed by atoms with Gasteiger partial charge < -0.3 is 24.6 Å². The van der Waals surface area contributed by atoms with E-state index in [1.807, 2.05) is 18.2 Å². The van der Waals surface area contributed by atoms with Crippen molar-refractivity contribution in [2.24, 2.45) is 0 Å². The van der Waals surface area contributed by atoms with Gasteiger partial charge in [0.1, 0.15) is 5.82 Å². The van der Waals surface area contributed by atoms with Crippen LogP contribution in [-0.2, 0) is 4.79 Å². The summed E-state index contributed by atoms with van der Waals surface area (Å²) < 4.78 is 16.1. The van der Waals surface area contributed by atoms with E-state index in [0.29, 0.717) is 46.9 Å². The van der Waals surface area contributed by atoms with Crippen LogP contribution in [0.4, 0.5) is 5.82 Å². The maximum atomic E-state index is 13.6. The maximum Gasteiger partial charge on any atom is 0.270 e. The number of aromatic hydroxyl groups is 1. The molecule has 2 atom stereocenters. The molecule has 0 saturated carbocycles. The SMILES string of the molecule is COc1cc([C@H]2C3=C(C[C@H](c4ccc(OC)c(OC)c4)CC3=O)Nc3[nH][nH]c(=O)c32)ccc1O. The minimum Gasteiger partial charge on any atom is -0.504 e.